The standard InChI is InChI=1S/C12H28N2/c1-6-11(5)14(9-4)12(7-2)10-13-8-3/h11-13H,6-10H2,1-5H3. The first kappa shape index (κ1) is 13.9. The fourth-order valence-corrected chi connectivity index (χ4v) is 1.97. The lowest BCUT2D eigenvalue weighted by Crippen LogP contribution is -2.46. The van der Waals surface area contributed by atoms with Crippen molar-refractivity contribution in [1.82, 2.24) is 10.2 Å². The van der Waals surface area contributed by atoms with Crippen LogP contribution >= 0.6 is 0 Å². The van der Waals surface area contributed by atoms with Crippen molar-refractivity contribution < 1.29 is 0 Å². The summed E-state index contributed by atoms with van der Waals surface area (Å²) in [5.41, 5.74) is 0. The molecule has 0 aromatic rings. The highest BCUT2D eigenvalue weighted by atomic mass is 15.2. The Bertz CT molecular complexity index is 125. The molecule has 2 atom stereocenters. The van der Waals surface area contributed by atoms with Gasteiger partial charge in [-0.25, -0.2) is 0 Å². The van der Waals surface area contributed by atoms with Crippen molar-refractivity contribution in [3.63, 3.8) is 0 Å². The molecule has 0 rings (SSSR count). The summed E-state index contributed by atoms with van der Waals surface area (Å²) in [4.78, 5) is 2.61. The Morgan fingerprint density at radius 2 is 1.71 bits per heavy atom. The molecule has 0 saturated heterocycles. The van der Waals surface area contributed by atoms with Crippen LogP contribution in [0.4, 0.5) is 0 Å². The Morgan fingerprint density at radius 3 is 2.07 bits per heavy atom. The number of likely N-dealkylation sites (N-methyl/N-ethyl adjacent to an activating group) is 2. The maximum Gasteiger partial charge on any atom is 0.0220 e. The Labute approximate surface area is 90.1 Å². The molecule has 2 nitrogen and oxygen atoms in total. The second-order valence-electron chi connectivity index (χ2n) is 3.96. The summed E-state index contributed by atoms with van der Waals surface area (Å²) in [5.74, 6) is 0. The summed E-state index contributed by atoms with van der Waals surface area (Å²) in [7, 11) is 0. The predicted molar refractivity (Wildman–Crippen MR) is 64.8 cm³/mol. The fraction of sp³-hybridized carbons (Fsp3) is 1.00. The highest BCUT2D eigenvalue weighted by molar-refractivity contribution is 4.75. The zero-order valence-electron chi connectivity index (χ0n) is 10.6. The van der Waals surface area contributed by atoms with Crippen molar-refractivity contribution in [3.8, 4) is 0 Å². The molecule has 0 fully saturated rings. The third-order valence-corrected chi connectivity index (χ3v) is 3.09. The average Bonchev–Trinajstić information content (AvgIpc) is 2.23. The highest BCUT2D eigenvalue weighted by Crippen LogP contribution is 2.10. The predicted octanol–water partition coefficient (Wildman–Crippen LogP) is 2.49. The summed E-state index contributed by atoms with van der Waals surface area (Å²) in [6.45, 7) is 14.7. The third-order valence-electron chi connectivity index (χ3n) is 3.09. The largest absolute Gasteiger partial charge is 0.315 e. The van der Waals surface area contributed by atoms with Crippen molar-refractivity contribution in [3.05, 3.63) is 0 Å². The lowest BCUT2D eigenvalue weighted by molar-refractivity contribution is 0.141. The topological polar surface area (TPSA) is 15.3 Å². The van der Waals surface area contributed by atoms with Gasteiger partial charge in [0.2, 0.25) is 0 Å². The van der Waals surface area contributed by atoms with Crippen molar-refractivity contribution >= 4 is 0 Å². The highest BCUT2D eigenvalue weighted by Gasteiger charge is 2.18. The summed E-state index contributed by atoms with van der Waals surface area (Å²) in [5, 5.41) is 3.45. The molecule has 0 aliphatic rings. The molecule has 0 aromatic carbocycles. The Hall–Kier alpha value is -0.0800. The molecule has 0 spiro atoms. The van der Waals surface area contributed by atoms with Crippen LogP contribution in [0.1, 0.15) is 47.5 Å². The van der Waals surface area contributed by atoms with E-state index in [2.05, 4.69) is 44.8 Å². The van der Waals surface area contributed by atoms with Crippen LogP contribution in [-0.4, -0.2) is 36.6 Å². The summed E-state index contributed by atoms with van der Waals surface area (Å²) >= 11 is 0. The molecule has 86 valence electrons. The van der Waals surface area contributed by atoms with E-state index in [4.69, 9.17) is 0 Å². The Morgan fingerprint density at radius 1 is 1.07 bits per heavy atom. The van der Waals surface area contributed by atoms with Crippen LogP contribution in [0, 0.1) is 0 Å². The summed E-state index contributed by atoms with van der Waals surface area (Å²) in [6.07, 6.45) is 2.49. The third kappa shape index (κ3) is 4.43. The van der Waals surface area contributed by atoms with Crippen LogP contribution in [0.5, 0.6) is 0 Å². The molecule has 0 aliphatic heterocycles. The van der Waals surface area contributed by atoms with Gasteiger partial charge in [0.05, 0.1) is 0 Å². The SMILES string of the molecule is CCNCC(CC)N(CC)C(C)CC. The van der Waals surface area contributed by atoms with E-state index >= 15 is 0 Å². The van der Waals surface area contributed by atoms with Crippen LogP contribution in [0.2, 0.25) is 0 Å². The van der Waals surface area contributed by atoms with Gasteiger partial charge in [-0.05, 0) is 32.9 Å². The molecule has 0 heterocycles. The molecule has 0 aliphatic carbocycles. The summed E-state index contributed by atoms with van der Waals surface area (Å²) < 4.78 is 0. The van der Waals surface area contributed by atoms with E-state index < -0.39 is 0 Å². The van der Waals surface area contributed by atoms with Gasteiger partial charge in [0.1, 0.15) is 0 Å². The van der Waals surface area contributed by atoms with Gasteiger partial charge >= 0.3 is 0 Å². The van der Waals surface area contributed by atoms with Gasteiger partial charge in [-0.15, -0.1) is 0 Å². The van der Waals surface area contributed by atoms with Gasteiger partial charge in [-0.1, -0.05) is 27.7 Å². The molecule has 14 heavy (non-hydrogen) atoms. The second-order valence-corrected chi connectivity index (χ2v) is 3.96. The maximum absolute atomic E-state index is 3.45. The first-order valence-corrected chi connectivity index (χ1v) is 6.17. The molecule has 0 amide bonds. The maximum atomic E-state index is 3.45. The fourth-order valence-electron chi connectivity index (χ4n) is 1.97. The molecule has 1 N–H and O–H groups in total. The minimum Gasteiger partial charge on any atom is -0.315 e. The number of hydrogen-bond donors (Lipinski definition) is 1. The van der Waals surface area contributed by atoms with Gasteiger partial charge in [0.25, 0.3) is 0 Å². The van der Waals surface area contributed by atoms with Crippen molar-refractivity contribution in [2.75, 3.05) is 19.6 Å². The van der Waals surface area contributed by atoms with Crippen LogP contribution in [-0.2, 0) is 0 Å². The number of rotatable bonds is 8. The molecular formula is C12H28N2. The lowest BCUT2D eigenvalue weighted by atomic mass is 10.1. The van der Waals surface area contributed by atoms with Gasteiger partial charge in [0.15, 0.2) is 0 Å². The lowest BCUT2D eigenvalue weighted by Gasteiger charge is -2.35. The zero-order valence-corrected chi connectivity index (χ0v) is 10.6. The molecule has 2 heteroatoms. The van der Waals surface area contributed by atoms with E-state index in [1.54, 1.807) is 0 Å². The van der Waals surface area contributed by atoms with Crippen molar-refractivity contribution in [1.29, 1.82) is 0 Å². The monoisotopic (exact) mass is 200 g/mol. The van der Waals surface area contributed by atoms with E-state index in [1.807, 2.05) is 0 Å². The van der Waals surface area contributed by atoms with E-state index in [1.165, 1.54) is 19.4 Å². The molecule has 0 saturated carbocycles. The van der Waals surface area contributed by atoms with Gasteiger partial charge in [0, 0.05) is 18.6 Å². The van der Waals surface area contributed by atoms with E-state index in [9.17, 15) is 0 Å². The average molecular weight is 200 g/mol. The summed E-state index contributed by atoms with van der Waals surface area (Å²) in [6, 6.07) is 1.42. The van der Waals surface area contributed by atoms with E-state index in [0.29, 0.717) is 12.1 Å². The van der Waals surface area contributed by atoms with Crippen LogP contribution in [0.3, 0.4) is 0 Å². The number of nitrogens with one attached hydrogen (secondary N) is 1. The Kier molecular flexibility index (Phi) is 8.20. The normalized spacial score (nSPS) is 15.9. The van der Waals surface area contributed by atoms with Crippen LogP contribution < -0.4 is 5.32 Å². The molecule has 0 aromatic heterocycles. The smallest absolute Gasteiger partial charge is 0.0220 e. The minimum absolute atomic E-state index is 0.704. The quantitative estimate of drug-likeness (QED) is 0.647. The van der Waals surface area contributed by atoms with Crippen molar-refractivity contribution in [2.45, 2.75) is 59.5 Å². The van der Waals surface area contributed by atoms with Gasteiger partial charge in [-0.2, -0.15) is 0 Å². The molecule has 2 unspecified atom stereocenters. The van der Waals surface area contributed by atoms with Crippen LogP contribution in [0.15, 0.2) is 0 Å². The van der Waals surface area contributed by atoms with Crippen LogP contribution in [0.25, 0.3) is 0 Å². The number of nitrogens with zero attached hydrogens (tertiary/aromatic N) is 1. The van der Waals surface area contributed by atoms with Gasteiger partial charge < -0.3 is 5.32 Å². The van der Waals surface area contributed by atoms with Gasteiger partial charge in [-0.3, -0.25) is 4.90 Å². The first-order valence-electron chi connectivity index (χ1n) is 6.17. The molecule has 0 radical (unpaired) electrons. The minimum atomic E-state index is 0.704. The van der Waals surface area contributed by atoms with Crippen molar-refractivity contribution in [2.24, 2.45) is 0 Å². The number of hydrogen-bond acceptors (Lipinski definition) is 2. The first-order chi connectivity index (χ1) is 6.71. The van der Waals surface area contributed by atoms with E-state index in [-0.39, 0.29) is 0 Å². The Balaban J connectivity index is 4.13. The van der Waals surface area contributed by atoms with E-state index in [0.717, 1.165) is 13.1 Å². The zero-order chi connectivity index (χ0) is 11.0. The molecule has 0 bridgehead atoms. The second kappa shape index (κ2) is 8.25. The molecular weight excluding hydrogens is 172 g/mol.